The molecule has 6 rings (SSSR count). The molecule has 1 aliphatic rings. The van der Waals surface area contributed by atoms with Crippen molar-refractivity contribution in [3.63, 3.8) is 0 Å². The van der Waals surface area contributed by atoms with Gasteiger partial charge < -0.3 is 20.3 Å². The molecule has 1 aliphatic carbocycles. The van der Waals surface area contributed by atoms with Crippen LogP contribution >= 0.6 is 22.9 Å². The number of hydrogen-bond acceptors (Lipinski definition) is 8. The predicted octanol–water partition coefficient (Wildman–Crippen LogP) is 6.29. The lowest BCUT2D eigenvalue weighted by atomic mass is 9.95. The summed E-state index contributed by atoms with van der Waals surface area (Å²) in [6, 6.07) is 11.7. The number of thiophene rings is 1. The van der Waals surface area contributed by atoms with Crippen LogP contribution in [0.2, 0.25) is 5.02 Å². The number of anilines is 2. The van der Waals surface area contributed by atoms with Gasteiger partial charge in [-0.2, -0.15) is 5.10 Å². The summed E-state index contributed by atoms with van der Waals surface area (Å²) in [4.78, 5) is 11.1. The van der Waals surface area contributed by atoms with E-state index in [-0.39, 0.29) is 19.0 Å². The molecule has 0 spiro atoms. The van der Waals surface area contributed by atoms with Gasteiger partial charge in [0, 0.05) is 28.9 Å². The first-order valence-corrected chi connectivity index (χ1v) is 14.7. The molecule has 212 valence electrons. The number of nitrogens with one attached hydrogen (secondary N) is 1. The summed E-state index contributed by atoms with van der Waals surface area (Å²) in [6.45, 7) is 0.773. The van der Waals surface area contributed by atoms with Crippen LogP contribution in [0, 0.1) is 5.82 Å². The lowest BCUT2D eigenvalue weighted by Gasteiger charge is -2.13. The summed E-state index contributed by atoms with van der Waals surface area (Å²) in [5, 5.41) is 29.0. The van der Waals surface area contributed by atoms with Crippen LogP contribution < -0.4 is 10.1 Å². The Bertz CT molecular complexity index is 1690. The Kier molecular flexibility index (Phi) is 8.16. The van der Waals surface area contributed by atoms with Gasteiger partial charge >= 0.3 is 0 Å². The number of benzene rings is 2. The number of halogens is 2. The van der Waals surface area contributed by atoms with E-state index in [9.17, 15) is 9.50 Å². The van der Waals surface area contributed by atoms with Crippen molar-refractivity contribution >= 4 is 44.7 Å². The molecule has 2 aromatic carbocycles. The zero-order chi connectivity index (χ0) is 28.3. The molecule has 11 heteroatoms. The quantitative estimate of drug-likeness (QED) is 0.155. The second-order valence-electron chi connectivity index (χ2n) is 10.1. The van der Waals surface area contributed by atoms with Gasteiger partial charge in [-0.1, -0.05) is 23.7 Å². The van der Waals surface area contributed by atoms with Crippen LogP contribution in [0.1, 0.15) is 36.1 Å². The van der Waals surface area contributed by atoms with Crippen molar-refractivity contribution in [2.45, 2.75) is 51.4 Å². The monoisotopic (exact) mass is 593 g/mol. The highest BCUT2D eigenvalue weighted by Crippen LogP contribution is 2.45. The molecular formula is C30H29ClFN5O3S. The standard InChI is InChI=1S/C30H29ClFN5O3S/c31-24-13-20(7-10-26(24)40-16-18-4-3-5-19(32)12-18)35-29-27-22-8-9-25-23(28(22)41-30(27)34-17-33-29)15-37(36-25)14-21(39)6-1-2-11-38/h3-5,7,10,12-13,15,17,21,38-39H,1-2,6,8-9,11,14,16H2,(H,33,34,35)/t21-/m1/s1. The zero-order valence-electron chi connectivity index (χ0n) is 22.2. The topological polar surface area (TPSA) is 105 Å². The highest BCUT2D eigenvalue weighted by atomic mass is 35.5. The molecule has 5 aromatic rings. The highest BCUT2D eigenvalue weighted by Gasteiger charge is 2.27. The Labute approximate surface area is 245 Å². The Hall–Kier alpha value is -3.57. The van der Waals surface area contributed by atoms with E-state index >= 15 is 0 Å². The largest absolute Gasteiger partial charge is 0.487 e. The molecular weight excluding hydrogens is 565 g/mol. The molecule has 3 aromatic heterocycles. The number of rotatable bonds is 11. The molecule has 3 heterocycles. The van der Waals surface area contributed by atoms with E-state index in [1.165, 1.54) is 17.7 Å². The molecule has 0 amide bonds. The van der Waals surface area contributed by atoms with Crippen LogP contribution in [0.15, 0.2) is 55.0 Å². The normalized spacial score (nSPS) is 13.2. The second kappa shape index (κ2) is 12.1. The van der Waals surface area contributed by atoms with Crippen LogP contribution in [0.4, 0.5) is 15.9 Å². The van der Waals surface area contributed by atoms with Crippen molar-refractivity contribution in [1.29, 1.82) is 0 Å². The Morgan fingerprint density at radius 3 is 2.88 bits per heavy atom. The average Bonchev–Trinajstić information content (AvgIpc) is 3.54. The number of aryl methyl sites for hydroxylation is 2. The average molecular weight is 594 g/mol. The summed E-state index contributed by atoms with van der Waals surface area (Å²) in [5.41, 5.74) is 4.76. The summed E-state index contributed by atoms with van der Waals surface area (Å²) in [6.07, 6.45) is 6.77. The molecule has 0 radical (unpaired) electrons. The van der Waals surface area contributed by atoms with Gasteiger partial charge in [0.05, 0.1) is 28.8 Å². The molecule has 0 aliphatic heterocycles. The van der Waals surface area contributed by atoms with Crippen LogP contribution in [-0.2, 0) is 26.0 Å². The maximum absolute atomic E-state index is 13.5. The van der Waals surface area contributed by atoms with E-state index in [2.05, 4.69) is 15.3 Å². The molecule has 8 nitrogen and oxygen atoms in total. The third kappa shape index (κ3) is 6.06. The van der Waals surface area contributed by atoms with Crippen molar-refractivity contribution < 1.29 is 19.3 Å². The van der Waals surface area contributed by atoms with E-state index < -0.39 is 6.10 Å². The summed E-state index contributed by atoms with van der Waals surface area (Å²) < 4.78 is 21.1. The van der Waals surface area contributed by atoms with E-state index in [1.807, 2.05) is 16.9 Å². The number of nitrogens with zero attached hydrogens (tertiary/aromatic N) is 4. The predicted molar refractivity (Wildman–Crippen MR) is 158 cm³/mol. The first-order valence-electron chi connectivity index (χ1n) is 13.5. The summed E-state index contributed by atoms with van der Waals surface area (Å²) >= 11 is 8.15. The Morgan fingerprint density at radius 1 is 1.15 bits per heavy atom. The summed E-state index contributed by atoms with van der Waals surface area (Å²) in [5.74, 6) is 0.898. The van der Waals surface area contributed by atoms with Gasteiger partial charge in [-0.05, 0) is 73.6 Å². The third-order valence-electron chi connectivity index (χ3n) is 7.10. The number of fused-ring (bicyclic) bond motifs is 5. The fourth-order valence-corrected chi connectivity index (χ4v) is 6.59. The molecule has 0 unspecified atom stereocenters. The molecule has 0 bridgehead atoms. The van der Waals surface area contributed by atoms with Crippen molar-refractivity contribution in [3.8, 4) is 16.2 Å². The zero-order valence-corrected chi connectivity index (χ0v) is 23.8. The van der Waals surface area contributed by atoms with Crippen LogP contribution in [0.3, 0.4) is 0 Å². The lowest BCUT2D eigenvalue weighted by Crippen LogP contribution is -2.16. The summed E-state index contributed by atoms with van der Waals surface area (Å²) in [7, 11) is 0. The third-order valence-corrected chi connectivity index (χ3v) is 8.57. The van der Waals surface area contributed by atoms with Gasteiger partial charge in [0.25, 0.3) is 0 Å². The fourth-order valence-electron chi connectivity index (χ4n) is 5.13. The molecule has 0 saturated carbocycles. The SMILES string of the molecule is OCCCC[C@@H](O)Cn1cc2c(n1)CCc1c-2sc2ncnc(Nc3ccc(OCc4cccc(F)c4)c(Cl)c3)c12. The van der Waals surface area contributed by atoms with E-state index in [0.29, 0.717) is 36.0 Å². The fraction of sp³-hybridized carbons (Fsp3) is 0.300. The number of aromatic nitrogens is 4. The van der Waals surface area contributed by atoms with Crippen molar-refractivity contribution in [1.82, 2.24) is 19.7 Å². The van der Waals surface area contributed by atoms with Gasteiger partial charge in [0.1, 0.15) is 35.1 Å². The number of aliphatic hydroxyl groups is 2. The second-order valence-corrected chi connectivity index (χ2v) is 11.5. The molecule has 3 N–H and O–H groups in total. The van der Waals surface area contributed by atoms with Gasteiger partial charge in [-0.25, -0.2) is 14.4 Å². The molecule has 0 fully saturated rings. The van der Waals surface area contributed by atoms with Gasteiger partial charge in [0.15, 0.2) is 0 Å². The lowest BCUT2D eigenvalue weighted by molar-refractivity contribution is 0.133. The number of hydrogen-bond donors (Lipinski definition) is 3. The Morgan fingerprint density at radius 2 is 2.05 bits per heavy atom. The van der Waals surface area contributed by atoms with E-state index in [0.717, 1.165) is 56.9 Å². The minimum atomic E-state index is -0.503. The molecule has 1 atom stereocenters. The van der Waals surface area contributed by atoms with E-state index in [1.54, 1.807) is 41.9 Å². The van der Waals surface area contributed by atoms with Gasteiger partial charge in [-0.3, -0.25) is 4.68 Å². The van der Waals surface area contributed by atoms with Gasteiger partial charge in [-0.15, -0.1) is 11.3 Å². The van der Waals surface area contributed by atoms with Crippen molar-refractivity contribution in [3.05, 3.63) is 82.6 Å². The van der Waals surface area contributed by atoms with Crippen molar-refractivity contribution in [2.24, 2.45) is 0 Å². The highest BCUT2D eigenvalue weighted by molar-refractivity contribution is 7.22. The first-order chi connectivity index (χ1) is 20.0. The van der Waals surface area contributed by atoms with E-state index in [4.69, 9.17) is 26.5 Å². The maximum Gasteiger partial charge on any atom is 0.142 e. The number of unbranched alkanes of at least 4 members (excludes halogenated alkanes) is 1. The van der Waals surface area contributed by atoms with Crippen LogP contribution in [0.25, 0.3) is 20.7 Å². The number of aliphatic hydroxyl groups excluding tert-OH is 2. The minimum Gasteiger partial charge on any atom is -0.487 e. The van der Waals surface area contributed by atoms with Crippen molar-refractivity contribution in [2.75, 3.05) is 11.9 Å². The van der Waals surface area contributed by atoms with Gasteiger partial charge in [0.2, 0.25) is 0 Å². The Balaban J connectivity index is 1.21. The first kappa shape index (κ1) is 27.6. The van der Waals surface area contributed by atoms with Crippen LogP contribution in [0.5, 0.6) is 5.75 Å². The molecule has 41 heavy (non-hydrogen) atoms. The van der Waals surface area contributed by atoms with Crippen LogP contribution in [-0.4, -0.2) is 42.7 Å². The maximum atomic E-state index is 13.5. The molecule has 0 saturated heterocycles. The minimum absolute atomic E-state index is 0.141. The number of ether oxygens (including phenoxy) is 1. The smallest absolute Gasteiger partial charge is 0.142 e.